The van der Waals surface area contributed by atoms with Crippen LogP contribution in [0, 0.1) is 11.8 Å². The third kappa shape index (κ3) is 4.43. The maximum absolute atomic E-state index is 12.9. The molecular weight excluding hydrogens is 348 g/mol. The van der Waals surface area contributed by atoms with Gasteiger partial charge in [0.1, 0.15) is 6.04 Å². The Balaban J connectivity index is 1.57. The van der Waals surface area contributed by atoms with Crippen molar-refractivity contribution in [3.63, 3.8) is 0 Å². The van der Waals surface area contributed by atoms with Crippen molar-refractivity contribution >= 4 is 16.9 Å². The second-order valence-electron chi connectivity index (χ2n) is 8.86. The number of H-pyrrole nitrogens is 1. The molecule has 1 heterocycles. The second kappa shape index (κ2) is 9.13. The van der Waals surface area contributed by atoms with Crippen LogP contribution < -0.4 is 0 Å². The topological polar surface area (TPSA) is 45.3 Å². The molecule has 1 atom stereocenters. The lowest BCUT2D eigenvalue weighted by Gasteiger charge is -2.34. The zero-order chi connectivity index (χ0) is 19.3. The van der Waals surface area contributed by atoms with Crippen molar-refractivity contribution in [2.24, 2.45) is 11.8 Å². The van der Waals surface area contributed by atoms with Gasteiger partial charge in [-0.3, -0.25) is 9.69 Å². The summed E-state index contributed by atoms with van der Waals surface area (Å²) in [5, 5.41) is 1.22. The van der Waals surface area contributed by atoms with Crippen molar-refractivity contribution < 1.29 is 9.53 Å². The molecular formula is C24H34N2O2. The van der Waals surface area contributed by atoms with E-state index in [2.05, 4.69) is 34.3 Å². The fraction of sp³-hybridized carbons (Fsp3) is 0.625. The number of hydrogen-bond donors (Lipinski definition) is 1. The van der Waals surface area contributed by atoms with E-state index in [9.17, 15) is 4.79 Å². The molecule has 0 amide bonds. The maximum Gasteiger partial charge on any atom is 0.323 e. The molecule has 28 heavy (non-hydrogen) atoms. The first-order valence-corrected chi connectivity index (χ1v) is 11.1. The third-order valence-electron chi connectivity index (χ3n) is 6.94. The second-order valence-corrected chi connectivity index (χ2v) is 8.86. The van der Waals surface area contributed by atoms with Gasteiger partial charge in [-0.2, -0.15) is 0 Å². The molecule has 4 nitrogen and oxygen atoms in total. The number of aromatic nitrogens is 1. The largest absolute Gasteiger partial charge is 0.468 e. The van der Waals surface area contributed by atoms with Gasteiger partial charge in [-0.25, -0.2) is 0 Å². The molecule has 2 aromatic rings. The van der Waals surface area contributed by atoms with Gasteiger partial charge in [0.05, 0.1) is 7.11 Å². The standard InChI is InChI=1S/C24H34N2O2/c1-28-24(27)23(14-20-15-25-22-13-7-6-12-21(20)22)26(16-18-8-2-3-9-18)17-19-10-4-5-11-19/h6-7,12-13,15,18-19,23,25H,2-5,8-11,14,16-17H2,1H3/t23-/m0/s1. The Morgan fingerprint density at radius 1 is 1.07 bits per heavy atom. The van der Waals surface area contributed by atoms with Crippen LogP contribution in [0.3, 0.4) is 0 Å². The number of carbonyl (C=O) groups excluding carboxylic acids is 1. The smallest absolute Gasteiger partial charge is 0.323 e. The van der Waals surface area contributed by atoms with Crippen molar-refractivity contribution in [2.75, 3.05) is 20.2 Å². The third-order valence-corrected chi connectivity index (χ3v) is 6.94. The van der Waals surface area contributed by atoms with E-state index < -0.39 is 0 Å². The average Bonchev–Trinajstić information content (AvgIpc) is 3.48. The van der Waals surface area contributed by atoms with Crippen LogP contribution >= 0.6 is 0 Å². The van der Waals surface area contributed by atoms with Crippen LogP contribution in [0.15, 0.2) is 30.5 Å². The monoisotopic (exact) mass is 382 g/mol. The fourth-order valence-electron chi connectivity index (χ4n) is 5.38. The molecule has 2 fully saturated rings. The molecule has 4 heteroatoms. The number of ether oxygens (including phenoxy) is 1. The highest BCUT2D eigenvalue weighted by Gasteiger charge is 2.32. The Labute approximate surface area is 168 Å². The summed E-state index contributed by atoms with van der Waals surface area (Å²) in [5.74, 6) is 1.38. The first kappa shape index (κ1) is 19.5. The zero-order valence-corrected chi connectivity index (χ0v) is 17.2. The van der Waals surface area contributed by atoms with Crippen LogP contribution in [-0.2, 0) is 16.0 Å². The molecule has 0 aliphatic heterocycles. The SMILES string of the molecule is COC(=O)[C@H](Cc1c[nH]c2ccccc12)N(CC1CCCC1)CC1CCCC1. The fourth-order valence-corrected chi connectivity index (χ4v) is 5.38. The lowest BCUT2D eigenvalue weighted by molar-refractivity contribution is -0.147. The summed E-state index contributed by atoms with van der Waals surface area (Å²) in [5.41, 5.74) is 2.35. The molecule has 2 aliphatic rings. The number of benzene rings is 1. The van der Waals surface area contributed by atoms with Gasteiger partial charge in [0, 0.05) is 36.6 Å². The molecule has 2 saturated carbocycles. The lowest BCUT2D eigenvalue weighted by atomic mass is 9.98. The van der Waals surface area contributed by atoms with Crippen molar-refractivity contribution in [1.29, 1.82) is 0 Å². The summed E-state index contributed by atoms with van der Waals surface area (Å²) in [4.78, 5) is 18.7. The Kier molecular flexibility index (Phi) is 6.36. The minimum atomic E-state index is -0.189. The van der Waals surface area contributed by atoms with E-state index >= 15 is 0 Å². The van der Waals surface area contributed by atoms with Crippen LogP contribution in [0.5, 0.6) is 0 Å². The van der Waals surface area contributed by atoms with Crippen LogP contribution in [0.1, 0.15) is 56.9 Å². The first-order chi connectivity index (χ1) is 13.7. The highest BCUT2D eigenvalue weighted by molar-refractivity contribution is 5.84. The highest BCUT2D eigenvalue weighted by Crippen LogP contribution is 2.31. The van der Waals surface area contributed by atoms with Crippen LogP contribution in [0.2, 0.25) is 0 Å². The maximum atomic E-state index is 12.9. The highest BCUT2D eigenvalue weighted by atomic mass is 16.5. The van der Waals surface area contributed by atoms with Crippen molar-refractivity contribution in [2.45, 2.75) is 63.8 Å². The van der Waals surface area contributed by atoms with E-state index in [-0.39, 0.29) is 12.0 Å². The molecule has 1 aromatic heterocycles. The summed E-state index contributed by atoms with van der Waals surface area (Å²) in [6, 6.07) is 8.17. The number of esters is 1. The van der Waals surface area contributed by atoms with Gasteiger partial charge in [0.15, 0.2) is 0 Å². The molecule has 0 bridgehead atoms. The number of methoxy groups -OCH3 is 1. The number of nitrogens with one attached hydrogen (secondary N) is 1. The molecule has 0 spiro atoms. The van der Waals surface area contributed by atoms with E-state index in [1.165, 1.54) is 69.4 Å². The molecule has 1 N–H and O–H groups in total. The van der Waals surface area contributed by atoms with E-state index in [0.717, 1.165) is 36.9 Å². The number of para-hydroxylation sites is 1. The Hall–Kier alpha value is -1.81. The Morgan fingerprint density at radius 2 is 1.68 bits per heavy atom. The van der Waals surface area contributed by atoms with Gasteiger partial charge in [0.25, 0.3) is 0 Å². The Bertz CT molecular complexity index is 754. The molecule has 2 aliphatic carbocycles. The zero-order valence-electron chi connectivity index (χ0n) is 17.2. The number of carbonyl (C=O) groups is 1. The molecule has 152 valence electrons. The van der Waals surface area contributed by atoms with Crippen molar-refractivity contribution in [3.8, 4) is 0 Å². The van der Waals surface area contributed by atoms with E-state index in [1.54, 1.807) is 0 Å². The number of hydrogen-bond acceptors (Lipinski definition) is 3. The van der Waals surface area contributed by atoms with E-state index in [0.29, 0.717) is 0 Å². The van der Waals surface area contributed by atoms with Crippen molar-refractivity contribution in [3.05, 3.63) is 36.0 Å². The minimum Gasteiger partial charge on any atom is -0.468 e. The number of rotatable bonds is 8. The summed E-state index contributed by atoms with van der Waals surface area (Å²) >= 11 is 0. The molecule has 0 saturated heterocycles. The van der Waals surface area contributed by atoms with Gasteiger partial charge in [-0.15, -0.1) is 0 Å². The summed E-state index contributed by atoms with van der Waals surface area (Å²) in [6.07, 6.45) is 13.4. The number of aromatic amines is 1. The summed E-state index contributed by atoms with van der Waals surface area (Å²) in [6.45, 7) is 2.08. The van der Waals surface area contributed by atoms with Gasteiger partial charge < -0.3 is 9.72 Å². The summed E-state index contributed by atoms with van der Waals surface area (Å²) in [7, 11) is 1.54. The predicted molar refractivity (Wildman–Crippen MR) is 113 cm³/mol. The average molecular weight is 383 g/mol. The normalized spacial score (nSPS) is 19.6. The number of nitrogens with zero attached hydrogens (tertiary/aromatic N) is 1. The lowest BCUT2D eigenvalue weighted by Crippen LogP contribution is -2.47. The van der Waals surface area contributed by atoms with Gasteiger partial charge in [-0.1, -0.05) is 43.9 Å². The van der Waals surface area contributed by atoms with Gasteiger partial charge >= 0.3 is 5.97 Å². The quantitative estimate of drug-likeness (QED) is 0.658. The molecule has 1 aromatic carbocycles. The van der Waals surface area contributed by atoms with E-state index in [1.807, 2.05) is 6.07 Å². The minimum absolute atomic E-state index is 0.0822. The summed E-state index contributed by atoms with van der Waals surface area (Å²) < 4.78 is 5.29. The van der Waals surface area contributed by atoms with E-state index in [4.69, 9.17) is 4.74 Å². The Morgan fingerprint density at radius 3 is 2.29 bits per heavy atom. The van der Waals surface area contributed by atoms with Gasteiger partial charge in [0.2, 0.25) is 0 Å². The molecule has 0 unspecified atom stereocenters. The van der Waals surface area contributed by atoms with Crippen LogP contribution in [-0.4, -0.2) is 42.1 Å². The predicted octanol–water partition coefficient (Wildman–Crippen LogP) is 4.93. The number of fused-ring (bicyclic) bond motifs is 1. The molecule has 4 rings (SSSR count). The van der Waals surface area contributed by atoms with Gasteiger partial charge in [-0.05, 0) is 49.1 Å². The van der Waals surface area contributed by atoms with Crippen LogP contribution in [0.4, 0.5) is 0 Å². The molecule has 0 radical (unpaired) electrons. The first-order valence-electron chi connectivity index (χ1n) is 11.1. The van der Waals surface area contributed by atoms with Crippen LogP contribution in [0.25, 0.3) is 10.9 Å². The van der Waals surface area contributed by atoms with Crippen molar-refractivity contribution in [1.82, 2.24) is 9.88 Å².